The van der Waals surface area contributed by atoms with Crippen molar-refractivity contribution < 1.29 is 27.8 Å². The lowest BCUT2D eigenvalue weighted by atomic mass is 10.1. The standard InChI is InChI=1S/C14H15F2NO4/c15-12(16)7-6-11-13(18)21-9-17(11)14(19)20-8-10-4-2-1-3-5-10/h1-5,11-12H,6-9H2/t11-/m0/s1. The van der Waals surface area contributed by atoms with E-state index in [2.05, 4.69) is 0 Å². The van der Waals surface area contributed by atoms with Crippen LogP contribution in [0.5, 0.6) is 0 Å². The van der Waals surface area contributed by atoms with Gasteiger partial charge in [-0.05, 0) is 12.0 Å². The number of ether oxygens (including phenoxy) is 2. The fourth-order valence-corrected chi connectivity index (χ4v) is 1.99. The summed E-state index contributed by atoms with van der Waals surface area (Å²) >= 11 is 0. The van der Waals surface area contributed by atoms with Gasteiger partial charge in [0.2, 0.25) is 6.43 Å². The van der Waals surface area contributed by atoms with Crippen LogP contribution in [0.25, 0.3) is 0 Å². The molecule has 2 rings (SSSR count). The number of hydrogen-bond acceptors (Lipinski definition) is 4. The molecule has 1 fully saturated rings. The zero-order valence-corrected chi connectivity index (χ0v) is 11.2. The second kappa shape index (κ2) is 7.01. The number of cyclic esters (lactones) is 1. The second-order valence-corrected chi connectivity index (χ2v) is 4.59. The summed E-state index contributed by atoms with van der Waals surface area (Å²) in [6.07, 6.45) is -3.89. The molecule has 21 heavy (non-hydrogen) atoms. The lowest BCUT2D eigenvalue weighted by Crippen LogP contribution is -2.38. The van der Waals surface area contributed by atoms with Crippen LogP contribution in [0.3, 0.4) is 0 Å². The van der Waals surface area contributed by atoms with E-state index < -0.39 is 31.0 Å². The summed E-state index contributed by atoms with van der Waals surface area (Å²) in [5.41, 5.74) is 0.793. The van der Waals surface area contributed by atoms with E-state index in [-0.39, 0.29) is 19.8 Å². The van der Waals surface area contributed by atoms with E-state index in [4.69, 9.17) is 9.47 Å². The first-order chi connectivity index (χ1) is 10.1. The van der Waals surface area contributed by atoms with Gasteiger partial charge in [-0.15, -0.1) is 0 Å². The molecule has 1 saturated heterocycles. The zero-order valence-electron chi connectivity index (χ0n) is 11.2. The molecule has 0 aliphatic carbocycles. The zero-order chi connectivity index (χ0) is 15.2. The molecule has 0 bridgehead atoms. The van der Waals surface area contributed by atoms with Crippen molar-refractivity contribution >= 4 is 12.1 Å². The summed E-state index contributed by atoms with van der Waals surface area (Å²) in [5.74, 6) is -0.674. The predicted octanol–water partition coefficient (Wildman–Crippen LogP) is 2.55. The van der Waals surface area contributed by atoms with Crippen molar-refractivity contribution in [1.82, 2.24) is 4.90 Å². The fraction of sp³-hybridized carbons (Fsp3) is 0.429. The van der Waals surface area contributed by atoms with Crippen LogP contribution in [0.4, 0.5) is 13.6 Å². The molecule has 7 heteroatoms. The number of carbonyl (C=O) groups excluding carboxylic acids is 2. The van der Waals surface area contributed by atoms with Gasteiger partial charge in [0.05, 0.1) is 0 Å². The van der Waals surface area contributed by atoms with Crippen molar-refractivity contribution in [2.45, 2.75) is 31.9 Å². The van der Waals surface area contributed by atoms with Gasteiger partial charge in [0, 0.05) is 6.42 Å². The normalized spacial score (nSPS) is 18.0. The molecule has 1 heterocycles. The molecule has 1 aliphatic heterocycles. The van der Waals surface area contributed by atoms with Crippen LogP contribution >= 0.6 is 0 Å². The van der Waals surface area contributed by atoms with Crippen molar-refractivity contribution in [3.05, 3.63) is 35.9 Å². The summed E-state index contributed by atoms with van der Waals surface area (Å²) in [7, 11) is 0. The van der Waals surface area contributed by atoms with Gasteiger partial charge in [-0.3, -0.25) is 4.90 Å². The molecular weight excluding hydrogens is 284 g/mol. The smallest absolute Gasteiger partial charge is 0.413 e. The average Bonchev–Trinajstić information content (AvgIpc) is 2.85. The Morgan fingerprint density at radius 2 is 2.10 bits per heavy atom. The molecule has 1 atom stereocenters. The minimum absolute atomic E-state index is 0.0476. The minimum Gasteiger partial charge on any atom is -0.444 e. The van der Waals surface area contributed by atoms with Crippen LogP contribution in [0.1, 0.15) is 18.4 Å². The summed E-state index contributed by atoms with van der Waals surface area (Å²) in [5, 5.41) is 0. The highest BCUT2D eigenvalue weighted by Gasteiger charge is 2.38. The maximum atomic E-state index is 12.2. The SMILES string of the molecule is O=C1OCN(C(=O)OCc2ccccc2)[C@H]1CCC(F)F. The molecular formula is C14H15F2NO4. The Hall–Kier alpha value is -2.18. The molecule has 1 aliphatic rings. The first-order valence-corrected chi connectivity index (χ1v) is 6.50. The van der Waals surface area contributed by atoms with Gasteiger partial charge in [0.15, 0.2) is 6.73 Å². The predicted molar refractivity (Wildman–Crippen MR) is 68.5 cm³/mol. The van der Waals surface area contributed by atoms with Gasteiger partial charge in [0.1, 0.15) is 12.6 Å². The van der Waals surface area contributed by atoms with Crippen LogP contribution in [0.2, 0.25) is 0 Å². The highest BCUT2D eigenvalue weighted by molar-refractivity contribution is 5.83. The average molecular weight is 299 g/mol. The van der Waals surface area contributed by atoms with E-state index >= 15 is 0 Å². The quantitative estimate of drug-likeness (QED) is 0.784. The number of hydrogen-bond donors (Lipinski definition) is 0. The van der Waals surface area contributed by atoms with Gasteiger partial charge < -0.3 is 9.47 Å². The lowest BCUT2D eigenvalue weighted by Gasteiger charge is -2.19. The van der Waals surface area contributed by atoms with Gasteiger partial charge in [-0.1, -0.05) is 30.3 Å². The largest absolute Gasteiger partial charge is 0.444 e. The first-order valence-electron chi connectivity index (χ1n) is 6.50. The van der Waals surface area contributed by atoms with E-state index in [1.807, 2.05) is 6.07 Å². The van der Waals surface area contributed by atoms with Crippen molar-refractivity contribution in [2.24, 2.45) is 0 Å². The summed E-state index contributed by atoms with van der Waals surface area (Å²) in [4.78, 5) is 24.4. The molecule has 114 valence electrons. The van der Waals surface area contributed by atoms with Crippen LogP contribution in [0.15, 0.2) is 30.3 Å². The lowest BCUT2D eigenvalue weighted by molar-refractivity contribution is -0.139. The Balaban J connectivity index is 1.89. The summed E-state index contributed by atoms with van der Waals surface area (Å²) in [6, 6.07) is 8.01. The molecule has 1 aromatic rings. The number of carbonyl (C=O) groups is 2. The Kier molecular flexibility index (Phi) is 5.08. The van der Waals surface area contributed by atoms with Crippen molar-refractivity contribution in [3.63, 3.8) is 0 Å². The van der Waals surface area contributed by atoms with Crippen molar-refractivity contribution in [2.75, 3.05) is 6.73 Å². The van der Waals surface area contributed by atoms with E-state index in [0.29, 0.717) is 0 Å². The van der Waals surface area contributed by atoms with E-state index in [0.717, 1.165) is 10.5 Å². The third kappa shape index (κ3) is 4.14. The van der Waals surface area contributed by atoms with Crippen molar-refractivity contribution in [3.8, 4) is 0 Å². The van der Waals surface area contributed by atoms with Gasteiger partial charge >= 0.3 is 12.1 Å². The Labute approximate surface area is 120 Å². The van der Waals surface area contributed by atoms with Crippen LogP contribution in [0, 0.1) is 0 Å². The highest BCUT2D eigenvalue weighted by Crippen LogP contribution is 2.20. The molecule has 0 radical (unpaired) electrons. The number of halogens is 2. The number of amides is 1. The first kappa shape index (κ1) is 15.2. The highest BCUT2D eigenvalue weighted by atomic mass is 19.3. The van der Waals surface area contributed by atoms with Crippen LogP contribution in [-0.4, -0.2) is 36.2 Å². The molecule has 5 nitrogen and oxygen atoms in total. The molecule has 0 unspecified atom stereocenters. The third-order valence-corrected chi connectivity index (χ3v) is 3.09. The van der Waals surface area contributed by atoms with Gasteiger partial charge in [0.25, 0.3) is 0 Å². The van der Waals surface area contributed by atoms with Crippen LogP contribution < -0.4 is 0 Å². The van der Waals surface area contributed by atoms with E-state index in [1.54, 1.807) is 24.3 Å². The summed E-state index contributed by atoms with van der Waals surface area (Å²) < 4.78 is 34.2. The summed E-state index contributed by atoms with van der Waals surface area (Å²) in [6.45, 7) is -0.216. The number of benzene rings is 1. The molecule has 0 N–H and O–H groups in total. The van der Waals surface area contributed by atoms with Crippen molar-refractivity contribution in [1.29, 1.82) is 0 Å². The maximum Gasteiger partial charge on any atom is 0.413 e. The Morgan fingerprint density at radius 3 is 2.76 bits per heavy atom. The number of rotatable bonds is 5. The van der Waals surface area contributed by atoms with Crippen LogP contribution in [-0.2, 0) is 20.9 Å². The maximum absolute atomic E-state index is 12.2. The fourth-order valence-electron chi connectivity index (χ4n) is 1.99. The topological polar surface area (TPSA) is 55.8 Å². The molecule has 0 aromatic heterocycles. The van der Waals surface area contributed by atoms with E-state index in [1.165, 1.54) is 0 Å². The number of nitrogens with zero attached hydrogens (tertiary/aromatic N) is 1. The van der Waals surface area contributed by atoms with Gasteiger partial charge in [-0.2, -0.15) is 0 Å². The third-order valence-electron chi connectivity index (χ3n) is 3.09. The number of esters is 1. The van der Waals surface area contributed by atoms with E-state index in [9.17, 15) is 18.4 Å². The molecule has 1 aromatic carbocycles. The minimum atomic E-state index is -2.53. The Morgan fingerprint density at radius 1 is 1.38 bits per heavy atom. The second-order valence-electron chi connectivity index (χ2n) is 4.59. The molecule has 0 spiro atoms. The molecule has 0 saturated carbocycles. The molecule has 1 amide bonds. The van der Waals surface area contributed by atoms with Gasteiger partial charge in [-0.25, -0.2) is 18.4 Å². The Bertz CT molecular complexity index is 495. The monoisotopic (exact) mass is 299 g/mol. The number of alkyl halides is 2.